The number of carbonyl (C=O) groups is 2. The van der Waals surface area contributed by atoms with Crippen LogP contribution in [0.25, 0.3) is 0 Å². The van der Waals surface area contributed by atoms with E-state index in [0.717, 1.165) is 0 Å². The van der Waals surface area contributed by atoms with Crippen LogP contribution in [0.3, 0.4) is 0 Å². The molecule has 0 fully saturated rings. The van der Waals surface area contributed by atoms with Crippen molar-refractivity contribution in [3.8, 4) is 0 Å². The molecule has 0 aliphatic heterocycles. The molecule has 0 atom stereocenters. The molecule has 0 saturated heterocycles. The van der Waals surface area contributed by atoms with Gasteiger partial charge in [-0.25, -0.2) is 0 Å². The number of aryl methyl sites for hydroxylation is 1. The molecule has 0 radical (unpaired) electrons. The summed E-state index contributed by atoms with van der Waals surface area (Å²) in [6.07, 6.45) is 1.43. The summed E-state index contributed by atoms with van der Waals surface area (Å²) in [6, 6.07) is 8.29. The van der Waals surface area contributed by atoms with Gasteiger partial charge < -0.3 is 14.8 Å². The van der Waals surface area contributed by atoms with E-state index in [1.807, 2.05) is 0 Å². The first-order valence-corrected chi connectivity index (χ1v) is 5.72. The van der Waals surface area contributed by atoms with Crippen LogP contribution in [0.1, 0.15) is 21.7 Å². The molecule has 5 heteroatoms. The highest BCUT2D eigenvalue weighted by Crippen LogP contribution is 2.14. The van der Waals surface area contributed by atoms with Crippen molar-refractivity contribution in [2.45, 2.75) is 13.3 Å². The van der Waals surface area contributed by atoms with Crippen molar-refractivity contribution in [2.24, 2.45) is 0 Å². The number of furan rings is 1. The van der Waals surface area contributed by atoms with Gasteiger partial charge in [-0.1, -0.05) is 12.1 Å². The maximum absolute atomic E-state index is 11.9. The number of hydrogen-bond donors (Lipinski definition) is 2. The lowest BCUT2D eigenvalue weighted by Crippen LogP contribution is -2.12. The summed E-state index contributed by atoms with van der Waals surface area (Å²) in [7, 11) is 0. The molecular formula is C14H13NO4. The topological polar surface area (TPSA) is 79.5 Å². The minimum Gasteiger partial charge on any atom is -0.481 e. The van der Waals surface area contributed by atoms with Gasteiger partial charge >= 0.3 is 5.97 Å². The average Bonchev–Trinajstić information content (AvgIpc) is 2.77. The van der Waals surface area contributed by atoms with Gasteiger partial charge in [0.1, 0.15) is 5.76 Å². The lowest BCUT2D eigenvalue weighted by atomic mass is 10.1. The largest absolute Gasteiger partial charge is 0.481 e. The highest BCUT2D eigenvalue weighted by Gasteiger charge is 2.11. The summed E-state index contributed by atoms with van der Waals surface area (Å²) < 4.78 is 5.06. The first-order valence-electron chi connectivity index (χ1n) is 5.72. The zero-order valence-electron chi connectivity index (χ0n) is 10.3. The number of benzene rings is 1. The average molecular weight is 259 g/mol. The van der Waals surface area contributed by atoms with Gasteiger partial charge in [-0.2, -0.15) is 0 Å². The molecule has 1 heterocycles. The molecule has 0 bridgehead atoms. The fourth-order valence-corrected chi connectivity index (χ4v) is 1.70. The number of hydrogen-bond acceptors (Lipinski definition) is 3. The summed E-state index contributed by atoms with van der Waals surface area (Å²) in [6.45, 7) is 1.71. The molecule has 2 N–H and O–H groups in total. The maximum atomic E-state index is 11.9. The van der Waals surface area contributed by atoms with E-state index >= 15 is 0 Å². The maximum Gasteiger partial charge on any atom is 0.307 e. The predicted molar refractivity (Wildman–Crippen MR) is 69.2 cm³/mol. The second kappa shape index (κ2) is 5.39. The van der Waals surface area contributed by atoms with Gasteiger partial charge in [-0.05, 0) is 30.7 Å². The van der Waals surface area contributed by atoms with Crippen molar-refractivity contribution in [3.05, 3.63) is 53.5 Å². The zero-order chi connectivity index (χ0) is 13.8. The molecule has 2 aromatic rings. The molecule has 0 spiro atoms. The van der Waals surface area contributed by atoms with Crippen LogP contribution in [-0.2, 0) is 11.2 Å². The van der Waals surface area contributed by atoms with Crippen molar-refractivity contribution >= 4 is 17.6 Å². The third-order valence-electron chi connectivity index (χ3n) is 2.67. The van der Waals surface area contributed by atoms with Crippen molar-refractivity contribution in [1.29, 1.82) is 0 Å². The molecular weight excluding hydrogens is 246 g/mol. The van der Waals surface area contributed by atoms with Crippen LogP contribution in [0, 0.1) is 6.92 Å². The Hall–Kier alpha value is -2.56. The van der Waals surface area contributed by atoms with Gasteiger partial charge in [-0.3, -0.25) is 9.59 Å². The van der Waals surface area contributed by atoms with E-state index in [4.69, 9.17) is 9.52 Å². The van der Waals surface area contributed by atoms with Gasteiger partial charge in [0.25, 0.3) is 5.91 Å². The van der Waals surface area contributed by atoms with Crippen LogP contribution >= 0.6 is 0 Å². The summed E-state index contributed by atoms with van der Waals surface area (Å²) >= 11 is 0. The zero-order valence-corrected chi connectivity index (χ0v) is 10.3. The van der Waals surface area contributed by atoms with E-state index < -0.39 is 5.97 Å². The van der Waals surface area contributed by atoms with Crippen LogP contribution < -0.4 is 5.32 Å². The van der Waals surface area contributed by atoms with Crippen molar-refractivity contribution < 1.29 is 19.1 Å². The van der Waals surface area contributed by atoms with Gasteiger partial charge in [0, 0.05) is 5.69 Å². The molecule has 5 nitrogen and oxygen atoms in total. The molecule has 0 aliphatic rings. The van der Waals surface area contributed by atoms with Gasteiger partial charge in [-0.15, -0.1) is 0 Å². The first kappa shape index (κ1) is 12.9. The standard InChI is InChI=1S/C14H13NO4/c1-9-12(6-7-19-9)14(18)15-11-4-2-10(3-5-11)8-13(16)17/h2-7H,8H2,1H3,(H,15,18)(H,16,17). The Kier molecular flexibility index (Phi) is 3.66. The lowest BCUT2D eigenvalue weighted by Gasteiger charge is -2.05. The van der Waals surface area contributed by atoms with Gasteiger partial charge in [0.15, 0.2) is 0 Å². The van der Waals surface area contributed by atoms with Crippen LogP contribution in [0.15, 0.2) is 41.0 Å². The number of nitrogens with one attached hydrogen (secondary N) is 1. The Balaban J connectivity index is 2.06. The Bertz CT molecular complexity index is 598. The highest BCUT2D eigenvalue weighted by atomic mass is 16.4. The Morgan fingerprint density at radius 1 is 1.21 bits per heavy atom. The molecule has 2 rings (SSSR count). The van der Waals surface area contributed by atoms with E-state index in [0.29, 0.717) is 22.6 Å². The van der Waals surface area contributed by atoms with E-state index in [9.17, 15) is 9.59 Å². The summed E-state index contributed by atoms with van der Waals surface area (Å²) in [4.78, 5) is 22.4. The fraction of sp³-hybridized carbons (Fsp3) is 0.143. The quantitative estimate of drug-likeness (QED) is 0.883. The number of amides is 1. The van der Waals surface area contributed by atoms with Crippen LogP contribution in [0.5, 0.6) is 0 Å². The minimum atomic E-state index is -0.884. The van der Waals surface area contributed by atoms with E-state index in [1.54, 1.807) is 37.3 Å². The highest BCUT2D eigenvalue weighted by molar-refractivity contribution is 6.04. The third-order valence-corrected chi connectivity index (χ3v) is 2.67. The van der Waals surface area contributed by atoms with Gasteiger partial charge in [0.2, 0.25) is 0 Å². The molecule has 0 saturated carbocycles. The van der Waals surface area contributed by atoms with Crippen LogP contribution in [0.4, 0.5) is 5.69 Å². The van der Waals surface area contributed by atoms with Crippen molar-refractivity contribution in [3.63, 3.8) is 0 Å². The molecule has 98 valence electrons. The number of anilines is 1. The van der Waals surface area contributed by atoms with Crippen molar-refractivity contribution in [2.75, 3.05) is 5.32 Å². The van der Waals surface area contributed by atoms with Crippen LogP contribution in [-0.4, -0.2) is 17.0 Å². The Labute approximate surface area is 109 Å². The summed E-state index contributed by atoms with van der Waals surface area (Å²) in [5.41, 5.74) is 1.78. The lowest BCUT2D eigenvalue weighted by molar-refractivity contribution is -0.136. The smallest absolute Gasteiger partial charge is 0.307 e. The first-order chi connectivity index (χ1) is 9.06. The van der Waals surface area contributed by atoms with E-state index in [2.05, 4.69) is 5.32 Å². The van der Waals surface area contributed by atoms with E-state index in [1.165, 1.54) is 6.26 Å². The second-order valence-electron chi connectivity index (χ2n) is 4.11. The fourth-order valence-electron chi connectivity index (χ4n) is 1.70. The molecule has 19 heavy (non-hydrogen) atoms. The number of carbonyl (C=O) groups excluding carboxylic acids is 1. The molecule has 1 amide bonds. The number of aliphatic carboxylic acids is 1. The molecule has 1 aromatic heterocycles. The van der Waals surface area contributed by atoms with Gasteiger partial charge in [0.05, 0.1) is 18.2 Å². The predicted octanol–water partition coefficient (Wildman–Crippen LogP) is 2.47. The minimum absolute atomic E-state index is 0.0327. The molecule has 0 aliphatic carbocycles. The number of carboxylic acids is 1. The molecule has 1 aromatic carbocycles. The number of rotatable bonds is 4. The Morgan fingerprint density at radius 2 is 1.89 bits per heavy atom. The SMILES string of the molecule is Cc1occc1C(=O)Nc1ccc(CC(=O)O)cc1. The summed E-state index contributed by atoms with van der Waals surface area (Å²) in [5.74, 6) is -0.581. The normalized spacial score (nSPS) is 10.2. The van der Waals surface area contributed by atoms with Crippen LogP contribution in [0.2, 0.25) is 0 Å². The molecule has 0 unspecified atom stereocenters. The van der Waals surface area contributed by atoms with E-state index in [-0.39, 0.29) is 12.3 Å². The monoisotopic (exact) mass is 259 g/mol. The third kappa shape index (κ3) is 3.22. The Morgan fingerprint density at radius 3 is 2.42 bits per heavy atom. The summed E-state index contributed by atoms with van der Waals surface area (Å²) in [5, 5.41) is 11.4. The van der Waals surface area contributed by atoms with Crippen molar-refractivity contribution in [1.82, 2.24) is 0 Å². The second-order valence-corrected chi connectivity index (χ2v) is 4.11. The number of carboxylic acid groups (broad SMARTS) is 1.